The molecule has 1 saturated heterocycles. The molecule has 1 fully saturated rings. The smallest absolute Gasteiger partial charge is 0.251 e. The van der Waals surface area contributed by atoms with Gasteiger partial charge in [0.2, 0.25) is 0 Å². The largest absolute Gasteiger partial charge is 0.494 e. The molecule has 0 aliphatic carbocycles. The maximum Gasteiger partial charge on any atom is 0.251 e. The molecule has 0 aromatic heterocycles. The number of rotatable bonds is 4. The van der Waals surface area contributed by atoms with E-state index in [9.17, 15) is 4.79 Å². The Bertz CT molecular complexity index is 374. The quantitative estimate of drug-likeness (QED) is 0.831. The lowest BCUT2D eigenvalue weighted by atomic mass is 10.1. The molecule has 1 aromatic carbocycles. The highest BCUT2D eigenvalue weighted by Crippen LogP contribution is 2.13. The third kappa shape index (κ3) is 2.52. The molecule has 4 heteroatoms. The van der Waals surface area contributed by atoms with E-state index in [1.807, 2.05) is 19.1 Å². The van der Waals surface area contributed by atoms with E-state index in [1.165, 1.54) is 0 Å². The minimum absolute atomic E-state index is 0.0742. The summed E-state index contributed by atoms with van der Waals surface area (Å²) in [7, 11) is 0. The highest BCUT2D eigenvalue weighted by atomic mass is 16.5. The van der Waals surface area contributed by atoms with E-state index in [0.717, 1.165) is 5.75 Å². The van der Waals surface area contributed by atoms with E-state index in [4.69, 9.17) is 9.47 Å². The zero-order chi connectivity index (χ0) is 11.4. The third-order valence-electron chi connectivity index (χ3n) is 2.38. The van der Waals surface area contributed by atoms with Gasteiger partial charge in [0, 0.05) is 5.56 Å². The fourth-order valence-corrected chi connectivity index (χ4v) is 1.48. The molecule has 1 aliphatic heterocycles. The number of hydrogen-bond donors (Lipinski definition) is 1. The molecule has 0 saturated carbocycles. The van der Waals surface area contributed by atoms with Gasteiger partial charge in [-0.05, 0) is 25.1 Å². The zero-order valence-corrected chi connectivity index (χ0v) is 9.23. The molecule has 1 aliphatic rings. The second-order valence-electron chi connectivity index (χ2n) is 3.67. The lowest BCUT2D eigenvalue weighted by Crippen LogP contribution is -2.48. The van der Waals surface area contributed by atoms with E-state index >= 15 is 0 Å². The minimum atomic E-state index is -0.0742. The molecule has 16 heavy (non-hydrogen) atoms. The normalized spacial score (nSPS) is 15.3. The summed E-state index contributed by atoms with van der Waals surface area (Å²) in [4.78, 5) is 11.8. The summed E-state index contributed by atoms with van der Waals surface area (Å²) in [5.74, 6) is 0.648. The van der Waals surface area contributed by atoms with Crippen LogP contribution in [0.5, 0.6) is 5.75 Å². The van der Waals surface area contributed by atoms with Gasteiger partial charge in [-0.2, -0.15) is 0 Å². The van der Waals surface area contributed by atoms with Gasteiger partial charge in [0.1, 0.15) is 5.75 Å². The van der Waals surface area contributed by atoms with Crippen molar-refractivity contribution in [1.82, 2.24) is 5.32 Å². The summed E-state index contributed by atoms with van der Waals surface area (Å²) >= 11 is 0. The van der Waals surface area contributed by atoms with Crippen LogP contribution in [0.1, 0.15) is 17.3 Å². The summed E-state index contributed by atoms with van der Waals surface area (Å²) in [5, 5.41) is 2.88. The van der Waals surface area contributed by atoms with Crippen molar-refractivity contribution in [2.45, 2.75) is 13.0 Å². The Hall–Kier alpha value is -1.55. The fourth-order valence-electron chi connectivity index (χ4n) is 1.48. The van der Waals surface area contributed by atoms with Crippen LogP contribution in [-0.4, -0.2) is 31.8 Å². The Balaban J connectivity index is 2.00. The van der Waals surface area contributed by atoms with Gasteiger partial charge in [-0.3, -0.25) is 4.79 Å². The molecule has 0 bridgehead atoms. The minimum Gasteiger partial charge on any atom is -0.494 e. The third-order valence-corrected chi connectivity index (χ3v) is 2.38. The molecule has 1 heterocycles. The molecular formula is C12H15NO3. The summed E-state index contributed by atoms with van der Waals surface area (Å²) < 4.78 is 10.3. The number of hydrogen-bond acceptors (Lipinski definition) is 3. The van der Waals surface area contributed by atoms with Crippen LogP contribution in [0.2, 0.25) is 0 Å². The van der Waals surface area contributed by atoms with Crippen LogP contribution in [0.25, 0.3) is 0 Å². The Morgan fingerprint density at radius 2 is 2.38 bits per heavy atom. The second kappa shape index (κ2) is 4.99. The molecule has 0 unspecified atom stereocenters. The van der Waals surface area contributed by atoms with Gasteiger partial charge >= 0.3 is 0 Å². The molecule has 0 spiro atoms. The molecule has 4 nitrogen and oxygen atoms in total. The lowest BCUT2D eigenvalue weighted by molar-refractivity contribution is -0.00346. The van der Waals surface area contributed by atoms with E-state index in [2.05, 4.69) is 5.32 Å². The van der Waals surface area contributed by atoms with Crippen molar-refractivity contribution in [3.05, 3.63) is 29.8 Å². The molecule has 1 aromatic rings. The van der Waals surface area contributed by atoms with Crippen LogP contribution < -0.4 is 10.1 Å². The maximum atomic E-state index is 11.8. The van der Waals surface area contributed by atoms with Crippen molar-refractivity contribution >= 4 is 5.91 Å². The Kier molecular flexibility index (Phi) is 3.41. The zero-order valence-electron chi connectivity index (χ0n) is 9.23. The number of nitrogens with one attached hydrogen (secondary N) is 1. The predicted octanol–water partition coefficient (Wildman–Crippen LogP) is 1.21. The van der Waals surface area contributed by atoms with Gasteiger partial charge < -0.3 is 14.8 Å². The standard InChI is InChI=1S/C12H15NO3/c1-2-16-11-5-3-4-9(6-11)12(14)13-10-7-15-8-10/h3-6,10H,2,7-8H2,1H3,(H,13,14). The number of ether oxygens (including phenoxy) is 2. The van der Waals surface area contributed by atoms with Gasteiger partial charge in [0.05, 0.1) is 25.9 Å². The van der Waals surface area contributed by atoms with Crippen molar-refractivity contribution < 1.29 is 14.3 Å². The molecule has 0 radical (unpaired) electrons. The molecular weight excluding hydrogens is 206 g/mol. The summed E-state index contributed by atoms with van der Waals surface area (Å²) in [6.45, 7) is 3.73. The van der Waals surface area contributed by atoms with Crippen LogP contribution in [0.15, 0.2) is 24.3 Å². The molecule has 86 valence electrons. The van der Waals surface area contributed by atoms with Crippen LogP contribution >= 0.6 is 0 Å². The summed E-state index contributed by atoms with van der Waals surface area (Å²) in [5.41, 5.74) is 0.623. The Morgan fingerprint density at radius 3 is 3.00 bits per heavy atom. The van der Waals surface area contributed by atoms with Crippen LogP contribution in [0, 0.1) is 0 Å². The first-order chi connectivity index (χ1) is 7.79. The highest BCUT2D eigenvalue weighted by molar-refractivity contribution is 5.94. The van der Waals surface area contributed by atoms with E-state index in [0.29, 0.717) is 25.4 Å². The van der Waals surface area contributed by atoms with Gasteiger partial charge in [-0.15, -0.1) is 0 Å². The first kappa shape index (κ1) is 11.0. The molecule has 1 N–H and O–H groups in total. The van der Waals surface area contributed by atoms with Crippen molar-refractivity contribution in [2.75, 3.05) is 19.8 Å². The van der Waals surface area contributed by atoms with Gasteiger partial charge in [-0.25, -0.2) is 0 Å². The van der Waals surface area contributed by atoms with Crippen molar-refractivity contribution in [2.24, 2.45) is 0 Å². The average Bonchev–Trinajstić information content (AvgIpc) is 2.24. The lowest BCUT2D eigenvalue weighted by Gasteiger charge is -2.26. The van der Waals surface area contributed by atoms with E-state index < -0.39 is 0 Å². The van der Waals surface area contributed by atoms with Gasteiger partial charge in [-0.1, -0.05) is 6.07 Å². The van der Waals surface area contributed by atoms with Crippen LogP contribution in [0.4, 0.5) is 0 Å². The Morgan fingerprint density at radius 1 is 1.56 bits per heavy atom. The highest BCUT2D eigenvalue weighted by Gasteiger charge is 2.20. The topological polar surface area (TPSA) is 47.6 Å². The first-order valence-corrected chi connectivity index (χ1v) is 5.41. The molecule has 0 atom stereocenters. The SMILES string of the molecule is CCOc1cccc(C(=O)NC2COC2)c1. The summed E-state index contributed by atoms with van der Waals surface area (Å²) in [6, 6.07) is 7.34. The number of benzene rings is 1. The maximum absolute atomic E-state index is 11.8. The van der Waals surface area contributed by atoms with Crippen molar-refractivity contribution in [3.8, 4) is 5.75 Å². The van der Waals surface area contributed by atoms with Gasteiger partial charge in [0.25, 0.3) is 5.91 Å². The number of amides is 1. The van der Waals surface area contributed by atoms with Crippen molar-refractivity contribution in [3.63, 3.8) is 0 Å². The van der Waals surface area contributed by atoms with E-state index in [-0.39, 0.29) is 11.9 Å². The van der Waals surface area contributed by atoms with Crippen LogP contribution in [-0.2, 0) is 4.74 Å². The number of carbonyl (C=O) groups excluding carboxylic acids is 1. The first-order valence-electron chi connectivity index (χ1n) is 5.41. The van der Waals surface area contributed by atoms with Crippen molar-refractivity contribution in [1.29, 1.82) is 0 Å². The number of carbonyl (C=O) groups is 1. The summed E-state index contributed by atoms with van der Waals surface area (Å²) in [6.07, 6.45) is 0. The monoisotopic (exact) mass is 221 g/mol. The van der Waals surface area contributed by atoms with Crippen LogP contribution in [0.3, 0.4) is 0 Å². The van der Waals surface area contributed by atoms with E-state index in [1.54, 1.807) is 12.1 Å². The molecule has 1 amide bonds. The average molecular weight is 221 g/mol. The Labute approximate surface area is 94.6 Å². The van der Waals surface area contributed by atoms with Gasteiger partial charge in [0.15, 0.2) is 0 Å². The fraction of sp³-hybridized carbons (Fsp3) is 0.417. The molecule has 2 rings (SSSR count). The second-order valence-corrected chi connectivity index (χ2v) is 3.67. The predicted molar refractivity (Wildman–Crippen MR) is 59.7 cm³/mol.